The van der Waals surface area contributed by atoms with Crippen LogP contribution in [-0.2, 0) is 0 Å². The van der Waals surface area contributed by atoms with Gasteiger partial charge >= 0.3 is 0 Å². The molecule has 2 aromatic carbocycles. The standard InChI is InChI=1S/C21H23N3OS2/c1-3-26-17-6-4-5-16(14-17)20(25)23-9-11-24(12-10-23)21-22-18-8-7-15(2)13-19(18)27-21/h4-8,13-14H,3,9-12H2,1-2H3. The van der Waals surface area contributed by atoms with E-state index in [1.807, 2.05) is 23.1 Å². The Labute approximate surface area is 168 Å². The van der Waals surface area contributed by atoms with Crippen LogP contribution in [0.4, 0.5) is 5.13 Å². The van der Waals surface area contributed by atoms with Crippen LogP contribution in [0.2, 0.25) is 0 Å². The van der Waals surface area contributed by atoms with Gasteiger partial charge in [-0.2, -0.15) is 0 Å². The molecule has 0 spiro atoms. The summed E-state index contributed by atoms with van der Waals surface area (Å²) in [5.74, 6) is 1.14. The molecule has 27 heavy (non-hydrogen) atoms. The molecule has 0 atom stereocenters. The minimum Gasteiger partial charge on any atom is -0.345 e. The van der Waals surface area contributed by atoms with Crippen LogP contribution in [0.25, 0.3) is 10.2 Å². The number of anilines is 1. The van der Waals surface area contributed by atoms with Crippen molar-refractivity contribution in [3.05, 3.63) is 53.6 Å². The molecule has 0 saturated carbocycles. The fourth-order valence-corrected chi connectivity index (χ4v) is 5.16. The molecule has 4 nitrogen and oxygen atoms in total. The van der Waals surface area contributed by atoms with Crippen LogP contribution in [-0.4, -0.2) is 47.7 Å². The SMILES string of the molecule is CCSc1cccc(C(=O)N2CCN(c3nc4ccc(C)cc4s3)CC2)c1. The van der Waals surface area contributed by atoms with Crippen LogP contribution in [0, 0.1) is 6.92 Å². The number of amides is 1. The highest BCUT2D eigenvalue weighted by Gasteiger charge is 2.24. The molecule has 1 aliphatic rings. The molecule has 1 fully saturated rings. The Hall–Kier alpha value is -2.05. The zero-order valence-electron chi connectivity index (χ0n) is 15.6. The van der Waals surface area contributed by atoms with Gasteiger partial charge in [0.05, 0.1) is 10.2 Å². The van der Waals surface area contributed by atoms with Crippen LogP contribution < -0.4 is 4.90 Å². The number of thioether (sulfide) groups is 1. The molecule has 4 rings (SSSR count). The monoisotopic (exact) mass is 397 g/mol. The average molecular weight is 398 g/mol. The highest BCUT2D eigenvalue weighted by molar-refractivity contribution is 7.99. The van der Waals surface area contributed by atoms with Gasteiger partial charge in [-0.3, -0.25) is 4.79 Å². The highest BCUT2D eigenvalue weighted by atomic mass is 32.2. The third-order valence-corrected chi connectivity index (χ3v) is 6.72. The van der Waals surface area contributed by atoms with Gasteiger partial charge in [-0.05, 0) is 48.6 Å². The molecule has 140 valence electrons. The normalized spacial score (nSPS) is 14.7. The third-order valence-electron chi connectivity index (χ3n) is 4.76. The van der Waals surface area contributed by atoms with Crippen molar-refractivity contribution in [1.82, 2.24) is 9.88 Å². The number of aromatic nitrogens is 1. The second-order valence-electron chi connectivity index (χ2n) is 6.71. The van der Waals surface area contributed by atoms with Crippen LogP contribution in [0.1, 0.15) is 22.8 Å². The van der Waals surface area contributed by atoms with Gasteiger partial charge in [0.25, 0.3) is 5.91 Å². The highest BCUT2D eigenvalue weighted by Crippen LogP contribution is 2.30. The molecule has 1 amide bonds. The van der Waals surface area contributed by atoms with Gasteiger partial charge in [-0.15, -0.1) is 11.8 Å². The van der Waals surface area contributed by atoms with E-state index in [1.54, 1.807) is 23.1 Å². The van der Waals surface area contributed by atoms with E-state index in [9.17, 15) is 4.79 Å². The van der Waals surface area contributed by atoms with Crippen molar-refractivity contribution >= 4 is 44.4 Å². The fourth-order valence-electron chi connectivity index (χ4n) is 3.32. The molecule has 1 aromatic heterocycles. The molecule has 0 unspecified atom stereocenters. The maximum atomic E-state index is 12.9. The van der Waals surface area contributed by atoms with Crippen molar-refractivity contribution in [1.29, 1.82) is 0 Å². The average Bonchev–Trinajstić information content (AvgIpc) is 3.11. The van der Waals surface area contributed by atoms with E-state index in [-0.39, 0.29) is 5.91 Å². The first kappa shape index (κ1) is 18.3. The van der Waals surface area contributed by atoms with Crippen molar-refractivity contribution in [2.24, 2.45) is 0 Å². The predicted octanol–water partition coefficient (Wildman–Crippen LogP) is 4.68. The maximum absolute atomic E-state index is 12.9. The summed E-state index contributed by atoms with van der Waals surface area (Å²) in [4.78, 5) is 23.1. The van der Waals surface area contributed by atoms with E-state index in [0.29, 0.717) is 0 Å². The summed E-state index contributed by atoms with van der Waals surface area (Å²) in [5, 5.41) is 1.06. The number of thiazole rings is 1. The Bertz CT molecular complexity index is 961. The van der Waals surface area contributed by atoms with Gasteiger partial charge in [0.1, 0.15) is 0 Å². The minimum absolute atomic E-state index is 0.133. The summed E-state index contributed by atoms with van der Waals surface area (Å²) in [6.45, 7) is 7.36. The number of hydrogen-bond acceptors (Lipinski definition) is 5. The summed E-state index contributed by atoms with van der Waals surface area (Å²) >= 11 is 3.51. The first-order chi connectivity index (χ1) is 13.1. The van der Waals surface area contributed by atoms with Crippen molar-refractivity contribution in [3.63, 3.8) is 0 Å². The number of carbonyl (C=O) groups excluding carboxylic acids is 1. The lowest BCUT2D eigenvalue weighted by Gasteiger charge is -2.34. The Kier molecular flexibility index (Phi) is 5.36. The zero-order chi connectivity index (χ0) is 18.8. The van der Waals surface area contributed by atoms with Crippen molar-refractivity contribution in [2.75, 3.05) is 36.8 Å². The number of piperazine rings is 1. The van der Waals surface area contributed by atoms with E-state index in [2.05, 4.69) is 43.0 Å². The van der Waals surface area contributed by atoms with Crippen LogP contribution in [0.5, 0.6) is 0 Å². The lowest BCUT2D eigenvalue weighted by molar-refractivity contribution is 0.0746. The number of carbonyl (C=O) groups is 1. The van der Waals surface area contributed by atoms with Crippen molar-refractivity contribution in [3.8, 4) is 0 Å². The second kappa shape index (κ2) is 7.90. The Morgan fingerprint density at radius 2 is 1.96 bits per heavy atom. The second-order valence-corrected chi connectivity index (χ2v) is 9.05. The molecule has 3 aromatic rings. The first-order valence-corrected chi connectivity index (χ1v) is 11.1. The van der Waals surface area contributed by atoms with Gasteiger partial charge in [0.15, 0.2) is 5.13 Å². The van der Waals surface area contributed by atoms with E-state index < -0.39 is 0 Å². The lowest BCUT2D eigenvalue weighted by atomic mass is 10.2. The molecule has 2 heterocycles. The fraction of sp³-hybridized carbons (Fsp3) is 0.333. The Morgan fingerprint density at radius 3 is 2.74 bits per heavy atom. The first-order valence-electron chi connectivity index (χ1n) is 9.28. The summed E-state index contributed by atoms with van der Waals surface area (Å²) in [5.41, 5.74) is 3.11. The molecule has 0 bridgehead atoms. The predicted molar refractivity (Wildman–Crippen MR) is 115 cm³/mol. The molecule has 0 aliphatic carbocycles. The van der Waals surface area contributed by atoms with Gasteiger partial charge in [-0.1, -0.05) is 30.4 Å². The largest absolute Gasteiger partial charge is 0.345 e. The zero-order valence-corrected chi connectivity index (χ0v) is 17.3. The molecule has 1 aliphatic heterocycles. The Balaban J connectivity index is 1.43. The summed E-state index contributed by atoms with van der Waals surface area (Å²) in [6, 6.07) is 14.4. The topological polar surface area (TPSA) is 36.4 Å². The van der Waals surface area contributed by atoms with Gasteiger partial charge in [0, 0.05) is 36.6 Å². The van der Waals surface area contributed by atoms with Gasteiger partial charge in [-0.25, -0.2) is 4.98 Å². The van der Waals surface area contributed by atoms with E-state index >= 15 is 0 Å². The summed E-state index contributed by atoms with van der Waals surface area (Å²) < 4.78 is 1.23. The number of nitrogens with zero attached hydrogens (tertiary/aromatic N) is 3. The molecule has 1 saturated heterocycles. The molecular weight excluding hydrogens is 374 g/mol. The van der Waals surface area contributed by atoms with Crippen molar-refractivity contribution < 1.29 is 4.79 Å². The van der Waals surface area contributed by atoms with E-state index in [0.717, 1.165) is 53.0 Å². The van der Waals surface area contributed by atoms with Crippen LogP contribution in [0.3, 0.4) is 0 Å². The number of aryl methyl sites for hydroxylation is 1. The van der Waals surface area contributed by atoms with Gasteiger partial charge in [0.2, 0.25) is 0 Å². The number of rotatable bonds is 4. The summed E-state index contributed by atoms with van der Waals surface area (Å²) in [6.07, 6.45) is 0. The molecule has 0 N–H and O–H groups in total. The van der Waals surface area contributed by atoms with Crippen LogP contribution in [0.15, 0.2) is 47.4 Å². The molecule has 6 heteroatoms. The third kappa shape index (κ3) is 3.96. The Morgan fingerprint density at radius 1 is 1.15 bits per heavy atom. The van der Waals surface area contributed by atoms with Gasteiger partial charge < -0.3 is 9.80 Å². The summed E-state index contributed by atoms with van der Waals surface area (Å²) in [7, 11) is 0. The minimum atomic E-state index is 0.133. The maximum Gasteiger partial charge on any atom is 0.254 e. The van der Waals surface area contributed by atoms with E-state index in [4.69, 9.17) is 4.98 Å². The lowest BCUT2D eigenvalue weighted by Crippen LogP contribution is -2.48. The van der Waals surface area contributed by atoms with Crippen LogP contribution >= 0.6 is 23.1 Å². The van der Waals surface area contributed by atoms with E-state index in [1.165, 1.54) is 10.3 Å². The van der Waals surface area contributed by atoms with Crippen molar-refractivity contribution in [2.45, 2.75) is 18.7 Å². The smallest absolute Gasteiger partial charge is 0.254 e. The number of fused-ring (bicyclic) bond motifs is 1. The quantitative estimate of drug-likeness (QED) is 0.599. The molecule has 0 radical (unpaired) electrons. The molecular formula is C21H23N3OS2. The number of hydrogen-bond donors (Lipinski definition) is 0. The number of benzene rings is 2.